The normalized spacial score (nSPS) is 10.7. The van der Waals surface area contributed by atoms with E-state index >= 15 is 0 Å². The smallest absolute Gasteiger partial charge is 0.328 e. The lowest BCUT2D eigenvalue weighted by Gasteiger charge is -2.13. The van der Waals surface area contributed by atoms with Crippen LogP contribution in [-0.2, 0) is 9.59 Å². The van der Waals surface area contributed by atoms with E-state index in [9.17, 15) is 14.4 Å². The van der Waals surface area contributed by atoms with E-state index in [1.54, 1.807) is 24.3 Å². The van der Waals surface area contributed by atoms with Gasteiger partial charge in [0.1, 0.15) is 5.69 Å². The number of hydrogen-bond donors (Lipinski definition) is 3. The van der Waals surface area contributed by atoms with E-state index in [0.29, 0.717) is 17.7 Å². The molecule has 3 amide bonds. The molecule has 0 aliphatic carbocycles. The minimum atomic E-state index is -0.842. The number of amides is 3. The average molecular weight is 550 g/mol. The first-order chi connectivity index (χ1) is 14.8. The highest BCUT2D eigenvalue weighted by atomic mass is 79.9. The summed E-state index contributed by atoms with van der Waals surface area (Å²) in [6, 6.07) is 12.6. The number of carbonyl (C=O) groups is 3. The second kappa shape index (κ2) is 10.1. The fourth-order valence-corrected chi connectivity index (χ4v) is 3.89. The molecule has 0 aliphatic rings. The Balaban J connectivity index is 1.92. The molecule has 2 aromatic carbocycles. The lowest BCUT2D eigenvalue weighted by molar-refractivity contribution is -0.136. The number of hydrogen-bond acceptors (Lipinski definition) is 3. The third-order valence-electron chi connectivity index (χ3n) is 4.67. The summed E-state index contributed by atoms with van der Waals surface area (Å²) in [6.45, 7) is 4.29. The van der Waals surface area contributed by atoms with Gasteiger partial charge < -0.3 is 10.6 Å². The monoisotopic (exact) mass is 548 g/mol. The molecule has 3 N–H and O–H groups in total. The number of aryl methyl sites for hydroxylation is 1. The lowest BCUT2D eigenvalue weighted by Crippen LogP contribution is -2.40. The zero-order valence-corrected chi connectivity index (χ0v) is 20.3. The van der Waals surface area contributed by atoms with Crippen molar-refractivity contribution >= 4 is 66.2 Å². The van der Waals surface area contributed by atoms with Gasteiger partial charge in [-0.05, 0) is 61.4 Å². The molecule has 0 saturated heterocycles. The molecule has 0 bridgehead atoms. The van der Waals surface area contributed by atoms with E-state index in [-0.39, 0.29) is 5.69 Å². The van der Waals surface area contributed by atoms with Gasteiger partial charge >= 0.3 is 11.8 Å². The van der Waals surface area contributed by atoms with E-state index in [1.165, 1.54) is 4.68 Å². The molecule has 0 atom stereocenters. The molecular formula is C22H22Br2N4O3. The second-order valence-electron chi connectivity index (χ2n) is 7.03. The summed E-state index contributed by atoms with van der Waals surface area (Å²) in [7, 11) is 0. The van der Waals surface area contributed by atoms with Gasteiger partial charge in [0.2, 0.25) is 0 Å². The zero-order valence-electron chi connectivity index (χ0n) is 17.1. The summed E-state index contributed by atoms with van der Waals surface area (Å²) in [6.07, 6.45) is 1.68. The minimum Gasteiger partial charge on any atom is -0.348 e. The van der Waals surface area contributed by atoms with Crippen LogP contribution < -0.4 is 16.1 Å². The largest absolute Gasteiger partial charge is 0.348 e. The Kier molecular flexibility index (Phi) is 7.50. The van der Waals surface area contributed by atoms with E-state index in [1.807, 2.05) is 32.0 Å². The topological polar surface area (TPSA) is 92.2 Å². The van der Waals surface area contributed by atoms with Crippen LogP contribution in [0.5, 0.6) is 0 Å². The summed E-state index contributed by atoms with van der Waals surface area (Å²) in [5.74, 6) is -2.00. The average Bonchev–Trinajstić information content (AvgIpc) is 3.07. The van der Waals surface area contributed by atoms with Gasteiger partial charge in [-0.15, -0.1) is 0 Å². The van der Waals surface area contributed by atoms with E-state index in [2.05, 4.69) is 47.9 Å². The SMILES string of the molecule is CCCCNC(=O)C(=O)Nn1c(C(=O)Nc2ccc(Br)cc2C)cc2cc(Br)ccc21. The van der Waals surface area contributed by atoms with Crippen LogP contribution in [0.15, 0.2) is 51.4 Å². The van der Waals surface area contributed by atoms with Crippen LogP contribution in [0.2, 0.25) is 0 Å². The molecule has 1 heterocycles. The fraction of sp³-hybridized carbons (Fsp3) is 0.227. The maximum Gasteiger partial charge on any atom is 0.328 e. The van der Waals surface area contributed by atoms with Crippen molar-refractivity contribution in [3.05, 3.63) is 62.7 Å². The Labute approximate surface area is 196 Å². The predicted molar refractivity (Wildman–Crippen MR) is 129 cm³/mol. The third-order valence-corrected chi connectivity index (χ3v) is 5.65. The van der Waals surface area contributed by atoms with Crippen LogP contribution in [0.25, 0.3) is 10.9 Å². The number of fused-ring (bicyclic) bond motifs is 1. The van der Waals surface area contributed by atoms with Crippen molar-refractivity contribution in [1.82, 2.24) is 9.99 Å². The van der Waals surface area contributed by atoms with Gasteiger partial charge in [-0.2, -0.15) is 0 Å². The van der Waals surface area contributed by atoms with Gasteiger partial charge in [0, 0.05) is 26.6 Å². The molecule has 0 saturated carbocycles. The van der Waals surface area contributed by atoms with Gasteiger partial charge in [0.05, 0.1) is 5.52 Å². The number of halogens is 2. The first kappa shape index (κ1) is 23.0. The standard InChI is InChI=1S/C22H22Br2N4O3/c1-3-4-9-25-21(30)22(31)27-28-18-8-6-16(24)11-14(18)12-19(28)20(29)26-17-7-5-15(23)10-13(17)2/h5-8,10-12H,3-4,9H2,1-2H3,(H,25,30)(H,26,29)(H,27,31). The molecule has 3 aromatic rings. The number of rotatable bonds is 6. The lowest BCUT2D eigenvalue weighted by atomic mass is 10.2. The highest BCUT2D eigenvalue weighted by Gasteiger charge is 2.21. The van der Waals surface area contributed by atoms with Crippen molar-refractivity contribution in [2.45, 2.75) is 26.7 Å². The maximum absolute atomic E-state index is 13.1. The highest BCUT2D eigenvalue weighted by Crippen LogP contribution is 2.25. The fourth-order valence-electron chi connectivity index (χ4n) is 3.04. The number of nitrogens with one attached hydrogen (secondary N) is 3. The number of unbranched alkanes of at least 4 members (excludes halogenated alkanes) is 1. The summed E-state index contributed by atoms with van der Waals surface area (Å²) in [5.41, 5.74) is 4.87. The van der Waals surface area contributed by atoms with E-state index in [4.69, 9.17) is 0 Å². The van der Waals surface area contributed by atoms with Crippen LogP contribution >= 0.6 is 31.9 Å². The summed E-state index contributed by atoms with van der Waals surface area (Å²) in [4.78, 5) is 37.7. The molecule has 1 aromatic heterocycles. The van der Waals surface area contributed by atoms with Crippen molar-refractivity contribution in [3.63, 3.8) is 0 Å². The first-order valence-corrected chi connectivity index (χ1v) is 11.4. The molecule has 162 valence electrons. The Morgan fingerprint density at radius 1 is 0.968 bits per heavy atom. The van der Waals surface area contributed by atoms with Crippen molar-refractivity contribution in [2.24, 2.45) is 0 Å². The third kappa shape index (κ3) is 5.54. The summed E-state index contributed by atoms with van der Waals surface area (Å²) >= 11 is 6.82. The minimum absolute atomic E-state index is 0.199. The van der Waals surface area contributed by atoms with Gasteiger partial charge in [-0.3, -0.25) is 19.8 Å². The number of benzene rings is 2. The molecule has 0 radical (unpaired) electrons. The Morgan fingerprint density at radius 2 is 1.68 bits per heavy atom. The quantitative estimate of drug-likeness (QED) is 0.307. The Morgan fingerprint density at radius 3 is 2.39 bits per heavy atom. The number of carbonyl (C=O) groups excluding carboxylic acids is 3. The van der Waals surface area contributed by atoms with Crippen LogP contribution in [0.3, 0.4) is 0 Å². The summed E-state index contributed by atoms with van der Waals surface area (Å²) in [5, 5.41) is 6.18. The number of nitrogens with zero attached hydrogens (tertiary/aromatic N) is 1. The van der Waals surface area contributed by atoms with Crippen molar-refractivity contribution in [2.75, 3.05) is 17.3 Å². The maximum atomic E-state index is 13.1. The van der Waals surface area contributed by atoms with Crippen LogP contribution in [-0.4, -0.2) is 28.9 Å². The van der Waals surface area contributed by atoms with Crippen LogP contribution in [0.4, 0.5) is 5.69 Å². The Bertz CT molecular complexity index is 1160. The predicted octanol–water partition coefficient (Wildman–Crippen LogP) is 4.71. The molecule has 0 unspecified atom stereocenters. The first-order valence-electron chi connectivity index (χ1n) is 9.78. The molecule has 3 rings (SSSR count). The second-order valence-corrected chi connectivity index (χ2v) is 8.86. The van der Waals surface area contributed by atoms with Gasteiger partial charge in [0.25, 0.3) is 5.91 Å². The van der Waals surface area contributed by atoms with Gasteiger partial charge in [-0.1, -0.05) is 45.2 Å². The molecule has 7 nitrogen and oxygen atoms in total. The van der Waals surface area contributed by atoms with Gasteiger partial charge in [0.15, 0.2) is 0 Å². The molecule has 31 heavy (non-hydrogen) atoms. The van der Waals surface area contributed by atoms with Gasteiger partial charge in [-0.25, -0.2) is 4.68 Å². The van der Waals surface area contributed by atoms with Crippen molar-refractivity contribution < 1.29 is 14.4 Å². The zero-order chi connectivity index (χ0) is 22.5. The van der Waals surface area contributed by atoms with E-state index in [0.717, 1.165) is 32.7 Å². The van der Waals surface area contributed by atoms with Crippen molar-refractivity contribution in [1.29, 1.82) is 0 Å². The molecule has 9 heteroatoms. The Hall–Kier alpha value is -2.65. The van der Waals surface area contributed by atoms with Crippen molar-refractivity contribution in [3.8, 4) is 0 Å². The molecular weight excluding hydrogens is 528 g/mol. The number of anilines is 1. The highest BCUT2D eigenvalue weighted by molar-refractivity contribution is 9.10. The summed E-state index contributed by atoms with van der Waals surface area (Å²) < 4.78 is 3.08. The van der Waals surface area contributed by atoms with E-state index < -0.39 is 17.7 Å². The van der Waals surface area contributed by atoms with Crippen LogP contribution in [0, 0.1) is 6.92 Å². The molecule has 0 spiro atoms. The number of aromatic nitrogens is 1. The van der Waals surface area contributed by atoms with Crippen LogP contribution in [0.1, 0.15) is 35.8 Å². The molecule has 0 fully saturated rings. The molecule has 0 aliphatic heterocycles.